The molecule has 0 heterocycles. The van der Waals surface area contributed by atoms with Gasteiger partial charge in [-0.05, 0) is 0 Å². The Balaban J connectivity index is 11.9. The van der Waals surface area contributed by atoms with E-state index in [1.165, 1.54) is 0 Å². The van der Waals surface area contributed by atoms with Gasteiger partial charge in [-0.25, -0.2) is 0 Å². The van der Waals surface area contributed by atoms with E-state index in [2.05, 4.69) is 0 Å². The van der Waals surface area contributed by atoms with Crippen molar-refractivity contribution in [1.82, 2.24) is 0 Å². The molecule has 0 aromatic heterocycles. The Labute approximate surface area is 580 Å². The van der Waals surface area contributed by atoms with Crippen LogP contribution in [0.4, 0.5) is 0 Å². The maximum atomic E-state index is 7.16. The van der Waals surface area contributed by atoms with Gasteiger partial charge in [0.25, 0.3) is 0 Å². The van der Waals surface area contributed by atoms with Crippen molar-refractivity contribution in [3.63, 3.8) is 0 Å². The van der Waals surface area contributed by atoms with E-state index in [9.17, 15) is 0 Å². The molecule has 0 aliphatic heterocycles. The Bertz CT molecular complexity index is 1530. The van der Waals surface area contributed by atoms with Gasteiger partial charge in [-0.15, -0.1) is 13.6 Å². The van der Waals surface area contributed by atoms with E-state index in [1.807, 2.05) is 0 Å². The molecular weight excluding hydrogens is 900 g/mol. The molecule has 0 aliphatic carbocycles. The monoisotopic (exact) mass is 922 g/mol. The van der Waals surface area contributed by atoms with Crippen LogP contribution in [-0.4, -0.2) is 572 Å². The molecule has 0 saturated carbocycles. The summed E-state index contributed by atoms with van der Waals surface area (Å²) in [4.78, 5) is 0. The summed E-state index contributed by atoms with van der Waals surface area (Å²) in [7, 11) is 273. The van der Waals surface area contributed by atoms with Gasteiger partial charge in [0.15, 0.2) is 0 Å². The minimum absolute atomic E-state index is 1.16. The maximum absolute atomic E-state index is 7.16. The summed E-state index contributed by atoms with van der Waals surface area (Å²) in [6.07, 6.45) is -54.8. The second-order valence-corrected chi connectivity index (χ2v) is 23.8. The first-order valence-electron chi connectivity index (χ1n) is 27.8. The standard InChI is InChI=1S/C2H6B81/c1-44(68(77(62(36)37)65(42)46(4)5)81(71(50(12)13)51(14)15)72(52(16)17)53(18)19)67(80(78(63(38)39)66(43-3)47(6)7)83(75(58(28)29)59(30)31)76(60(32)33)61(34)35)45(2)69(79(64(40)41)70(48(8)9)49(10)11)82(73(54(20)21)55(22)23)74(56(24)25)57(26)27/h1-2H3. The zero-order chi connectivity index (χ0) is 65.8. The molecular formula is C2H6B81. The van der Waals surface area contributed by atoms with E-state index in [0.717, 1.165) is 7.06 Å². The molecule has 0 saturated heterocycles. The summed E-state index contributed by atoms with van der Waals surface area (Å²) < 4.78 is 0. The zero-order valence-corrected chi connectivity index (χ0v) is 48.8. The van der Waals surface area contributed by atoms with Crippen LogP contribution in [0.2, 0.25) is 13.6 Å². The van der Waals surface area contributed by atoms with Crippen LogP contribution in [-0.2, 0) is 0 Å². The number of hydrogen-bond donors (Lipinski definition) is 0. The third kappa shape index (κ3) is 23.8. The fourth-order valence-corrected chi connectivity index (χ4v) is 15.2. The average molecular weight is 906 g/mol. The maximum Gasteiger partial charge on any atom is 0.0420 e. The van der Waals surface area contributed by atoms with Crippen molar-refractivity contribution < 1.29 is 0 Å². The molecule has 0 aromatic rings. The highest BCUT2D eigenvalue weighted by Crippen LogP contribution is 2.26. The normalized spacial score (nSPS) is 9.81. The summed E-state index contributed by atoms with van der Waals surface area (Å²) in [6, 6.07) is 0. The zero-order valence-electron chi connectivity index (χ0n) is 48.8. The van der Waals surface area contributed by atoms with Crippen LogP contribution in [0, 0.1) is 0 Å². The predicted octanol–water partition coefficient (Wildman–Crippen LogP) is -29.7. The molecule has 83 heavy (non-hydrogen) atoms. The minimum atomic E-state index is -1.59. The van der Waals surface area contributed by atoms with Crippen LogP contribution in [0.5, 0.6) is 0 Å². The van der Waals surface area contributed by atoms with Gasteiger partial charge in [0, 0.05) is 572 Å². The van der Waals surface area contributed by atoms with Crippen molar-refractivity contribution in [3.8, 4) is 0 Å². The van der Waals surface area contributed by atoms with Crippen LogP contribution in [0.15, 0.2) is 0 Å². The minimum Gasteiger partial charge on any atom is -0.101 e. The highest BCUT2D eigenvalue weighted by Gasteiger charge is 2.63. The smallest absolute Gasteiger partial charge is 0.0420 e. The van der Waals surface area contributed by atoms with Crippen LogP contribution < -0.4 is 0 Å². The number of hydrogen-bond acceptors (Lipinski definition) is 0. The first-order valence-corrected chi connectivity index (χ1v) is 27.8. The molecule has 0 aliphatic rings. The lowest BCUT2D eigenvalue weighted by atomic mass is 8.25. The SMILES string of the molecule is [B][B]B(B([B])[B])B(B([B])[B])B(B(B(C)B(B(B([B])[B])B([B])B([B])[B])B(B(B([B])[B])B([B])[B])B(B([B])[B])B([B])[B])B(C)B(B(B([B])[B])B(B([B])[B])B([B])[B])B(B(B([B])[B])B([B])[B])B(B([B])[B])B([B])[B])B(B(B([B])[B])B([B])[B])B(B([B])[B])B([B])[B]. The summed E-state index contributed by atoms with van der Waals surface area (Å²) >= 11 is 0. The molecule has 81 radical (unpaired) electrons. The molecule has 0 N–H and O–H groups in total. The Morgan fingerprint density at radius 2 is 0.325 bits per heavy atom. The van der Waals surface area contributed by atoms with Crippen molar-refractivity contribution in [2.24, 2.45) is 0 Å². The molecule has 0 spiro atoms. The van der Waals surface area contributed by atoms with Crippen molar-refractivity contribution in [3.05, 3.63) is 0 Å². The van der Waals surface area contributed by atoms with Gasteiger partial charge in [-0.2, -0.15) is 0 Å². The first-order chi connectivity index (χ1) is 37.8. The molecule has 0 aromatic carbocycles. The Kier molecular flexibility index (Phi) is 43.3. The molecule has 0 nitrogen and oxygen atoms in total. The molecule has 0 unspecified atom stereocenters. The van der Waals surface area contributed by atoms with Crippen molar-refractivity contribution in [2.45, 2.75) is 13.6 Å². The van der Waals surface area contributed by atoms with Crippen molar-refractivity contribution >= 4 is 572 Å². The molecule has 0 rings (SSSR count). The Morgan fingerprint density at radius 1 is 0.157 bits per heavy atom. The fraction of sp³-hybridized carbons (Fsp3) is 1.00. The second kappa shape index (κ2) is 40.7. The van der Waals surface area contributed by atoms with E-state index >= 15 is 0 Å². The molecule has 0 atom stereocenters. The summed E-state index contributed by atoms with van der Waals surface area (Å²) in [6.45, 7) is 0.763. The van der Waals surface area contributed by atoms with Gasteiger partial charge in [0.1, 0.15) is 0 Å². The van der Waals surface area contributed by atoms with E-state index in [4.69, 9.17) is 309 Å². The topological polar surface area (TPSA) is 0 Å². The van der Waals surface area contributed by atoms with Crippen molar-refractivity contribution in [1.29, 1.82) is 0 Å². The first kappa shape index (κ1) is 88.3. The van der Waals surface area contributed by atoms with Crippen LogP contribution in [0.25, 0.3) is 0 Å². The van der Waals surface area contributed by atoms with E-state index in [-0.39, 0.29) is 0 Å². The van der Waals surface area contributed by atoms with Crippen LogP contribution in [0.1, 0.15) is 0 Å². The highest BCUT2D eigenvalue weighted by molar-refractivity contribution is 8.36. The average Bonchev–Trinajstić information content (AvgIpc) is 3.28. The van der Waals surface area contributed by atoms with Gasteiger partial charge in [0.05, 0.1) is 0 Å². The lowest BCUT2D eigenvalue weighted by Crippen LogP contribution is -2.95. The molecule has 0 fully saturated rings. The highest BCUT2D eigenvalue weighted by atomic mass is 13.5. The quantitative estimate of drug-likeness (QED) is 0.0538. The van der Waals surface area contributed by atoms with E-state index in [1.54, 1.807) is 13.6 Å². The third-order valence-electron chi connectivity index (χ3n) is 18.2. The molecule has 81 heteroatoms. The lowest BCUT2D eigenvalue weighted by Gasteiger charge is -2.57. The van der Waals surface area contributed by atoms with Gasteiger partial charge in [0.2, 0.25) is 0 Å². The van der Waals surface area contributed by atoms with Crippen LogP contribution >= 0.6 is 0 Å². The largest absolute Gasteiger partial charge is 0.101 e. The van der Waals surface area contributed by atoms with E-state index < -0.39 is 256 Å². The van der Waals surface area contributed by atoms with Crippen LogP contribution in [0.3, 0.4) is 0 Å². The molecule has 0 bridgehead atoms. The summed E-state index contributed by atoms with van der Waals surface area (Å²) in [5.74, 6) is 0. The predicted molar refractivity (Wildman–Crippen MR) is 478 cm³/mol. The Morgan fingerprint density at radius 3 is 0.494 bits per heavy atom. The third-order valence-corrected chi connectivity index (χ3v) is 18.2. The summed E-state index contributed by atoms with van der Waals surface area (Å²) in [5, 5.41) is 0. The molecule has 257 valence electrons. The fourth-order valence-electron chi connectivity index (χ4n) is 15.2. The van der Waals surface area contributed by atoms with Crippen molar-refractivity contribution in [2.75, 3.05) is 0 Å². The lowest BCUT2D eigenvalue weighted by molar-refractivity contribution is 2.29. The van der Waals surface area contributed by atoms with Gasteiger partial charge in [-0.3, -0.25) is 0 Å². The number of rotatable bonds is 40. The van der Waals surface area contributed by atoms with Gasteiger partial charge >= 0.3 is 0 Å². The summed E-state index contributed by atoms with van der Waals surface area (Å²) in [5.41, 5.74) is 0. The van der Waals surface area contributed by atoms with Gasteiger partial charge in [-0.1, -0.05) is 0 Å². The van der Waals surface area contributed by atoms with E-state index in [0.29, 0.717) is 0 Å². The van der Waals surface area contributed by atoms with Gasteiger partial charge < -0.3 is 0 Å². The molecule has 0 amide bonds. The Hall–Kier alpha value is 5.26. The second-order valence-electron chi connectivity index (χ2n) is 23.8.